The van der Waals surface area contributed by atoms with Gasteiger partial charge in [0.05, 0.1) is 37.6 Å². The second-order valence-corrected chi connectivity index (χ2v) is 4.04. The molecule has 1 atom stereocenters. The predicted molar refractivity (Wildman–Crippen MR) is 57.2 cm³/mol. The zero-order chi connectivity index (χ0) is 11.7. The number of aliphatic hydroxyl groups is 1. The number of nitrogens with two attached hydrogens (primary N) is 1. The van der Waals surface area contributed by atoms with Crippen LogP contribution in [0.3, 0.4) is 0 Å². The molecular formula is C10H16N4O2. The summed E-state index contributed by atoms with van der Waals surface area (Å²) in [5.41, 5.74) is 6.95. The van der Waals surface area contributed by atoms with Gasteiger partial charge in [-0.25, -0.2) is 0 Å². The molecule has 2 rings (SSSR count). The fourth-order valence-electron chi connectivity index (χ4n) is 2.01. The summed E-state index contributed by atoms with van der Waals surface area (Å²) in [5.74, 6) is -0.0505. The Hall–Kier alpha value is -1.40. The minimum atomic E-state index is -0.0702. The van der Waals surface area contributed by atoms with Crippen LogP contribution in [0.4, 0.5) is 0 Å². The molecule has 0 aromatic carbocycles. The topological polar surface area (TPSA) is 84.4 Å². The van der Waals surface area contributed by atoms with Crippen LogP contribution in [0, 0.1) is 0 Å². The maximum Gasteiger partial charge on any atom is 0.236 e. The monoisotopic (exact) mass is 224 g/mol. The van der Waals surface area contributed by atoms with E-state index in [9.17, 15) is 4.79 Å². The summed E-state index contributed by atoms with van der Waals surface area (Å²) >= 11 is 0. The molecule has 1 aromatic rings. The Kier molecular flexibility index (Phi) is 2.93. The molecule has 1 amide bonds. The normalized spacial score (nSPS) is 19.7. The molecule has 6 nitrogen and oxygen atoms in total. The molecule has 1 aromatic heterocycles. The van der Waals surface area contributed by atoms with Gasteiger partial charge < -0.3 is 15.7 Å². The Bertz CT molecular complexity index is 402. The Morgan fingerprint density at radius 3 is 3.12 bits per heavy atom. The number of aliphatic hydroxyl groups excluding tert-OH is 1. The van der Waals surface area contributed by atoms with Crippen LogP contribution in [0.5, 0.6) is 0 Å². The van der Waals surface area contributed by atoms with Crippen LogP contribution >= 0.6 is 0 Å². The molecule has 16 heavy (non-hydrogen) atoms. The van der Waals surface area contributed by atoms with Crippen molar-refractivity contribution >= 4 is 5.91 Å². The molecule has 3 N–H and O–H groups in total. The highest BCUT2D eigenvalue weighted by molar-refractivity contribution is 5.78. The third-order valence-corrected chi connectivity index (χ3v) is 2.87. The maximum atomic E-state index is 11.6. The number of carbonyl (C=O) groups excluding carboxylic acids is 1. The van der Waals surface area contributed by atoms with E-state index < -0.39 is 0 Å². The van der Waals surface area contributed by atoms with Crippen molar-refractivity contribution in [1.29, 1.82) is 0 Å². The fourth-order valence-corrected chi connectivity index (χ4v) is 2.01. The molecule has 6 heteroatoms. The average Bonchev–Trinajstić information content (AvgIpc) is 2.68. The summed E-state index contributed by atoms with van der Waals surface area (Å²) in [5, 5.41) is 13.2. The van der Waals surface area contributed by atoms with Crippen molar-refractivity contribution in [2.75, 3.05) is 6.54 Å². The SMILES string of the molecule is CC1Cn2nc(CO)cc2CN1C(=O)CN. The number of nitrogens with zero attached hydrogens (tertiary/aromatic N) is 3. The van der Waals surface area contributed by atoms with E-state index in [1.807, 2.05) is 17.7 Å². The number of carbonyl (C=O) groups is 1. The van der Waals surface area contributed by atoms with Crippen molar-refractivity contribution in [1.82, 2.24) is 14.7 Å². The van der Waals surface area contributed by atoms with Crippen molar-refractivity contribution in [3.8, 4) is 0 Å². The van der Waals surface area contributed by atoms with Crippen LogP contribution < -0.4 is 5.73 Å². The molecular weight excluding hydrogens is 208 g/mol. The summed E-state index contributed by atoms with van der Waals surface area (Å²) in [7, 11) is 0. The first-order chi connectivity index (χ1) is 7.65. The molecule has 0 fully saturated rings. The van der Waals surface area contributed by atoms with E-state index >= 15 is 0 Å². The Morgan fingerprint density at radius 2 is 2.50 bits per heavy atom. The largest absolute Gasteiger partial charge is 0.390 e. The first kappa shape index (κ1) is 11.1. The average molecular weight is 224 g/mol. The number of aromatic nitrogens is 2. The van der Waals surface area contributed by atoms with E-state index in [2.05, 4.69) is 5.10 Å². The standard InChI is InChI=1S/C10H16N4O2/c1-7-4-14-9(2-8(6-15)12-14)5-13(7)10(16)3-11/h2,7,15H,3-6,11H2,1H3. The van der Waals surface area contributed by atoms with E-state index in [1.165, 1.54) is 0 Å². The van der Waals surface area contributed by atoms with Crippen LogP contribution in [0.25, 0.3) is 0 Å². The first-order valence-electron chi connectivity index (χ1n) is 5.31. The number of hydrogen-bond acceptors (Lipinski definition) is 4. The lowest BCUT2D eigenvalue weighted by Crippen LogP contribution is -2.47. The van der Waals surface area contributed by atoms with Crippen LogP contribution in [0.1, 0.15) is 18.3 Å². The number of hydrogen-bond donors (Lipinski definition) is 2. The van der Waals surface area contributed by atoms with Crippen molar-refractivity contribution in [2.24, 2.45) is 5.73 Å². The minimum absolute atomic E-state index is 0.0331. The third-order valence-electron chi connectivity index (χ3n) is 2.87. The summed E-state index contributed by atoms with van der Waals surface area (Å²) in [6.45, 7) is 3.10. The molecule has 0 spiro atoms. The van der Waals surface area contributed by atoms with Gasteiger partial charge in [-0.05, 0) is 13.0 Å². The molecule has 1 aliphatic heterocycles. The molecule has 2 heterocycles. The van der Waals surface area contributed by atoms with E-state index in [0.29, 0.717) is 18.8 Å². The van der Waals surface area contributed by atoms with Crippen molar-refractivity contribution < 1.29 is 9.90 Å². The van der Waals surface area contributed by atoms with Crippen LogP contribution in [-0.4, -0.2) is 38.3 Å². The zero-order valence-electron chi connectivity index (χ0n) is 9.26. The molecule has 0 saturated heterocycles. The molecule has 1 unspecified atom stereocenters. The second-order valence-electron chi connectivity index (χ2n) is 4.04. The zero-order valence-corrected chi connectivity index (χ0v) is 9.26. The van der Waals surface area contributed by atoms with Gasteiger partial charge >= 0.3 is 0 Å². The Balaban J connectivity index is 2.23. The lowest BCUT2D eigenvalue weighted by atomic mass is 10.2. The molecule has 88 valence electrons. The van der Waals surface area contributed by atoms with E-state index in [4.69, 9.17) is 10.8 Å². The van der Waals surface area contributed by atoms with Crippen molar-refractivity contribution in [3.05, 3.63) is 17.5 Å². The van der Waals surface area contributed by atoms with Gasteiger partial charge in [0.2, 0.25) is 5.91 Å². The van der Waals surface area contributed by atoms with Crippen molar-refractivity contribution in [3.63, 3.8) is 0 Å². The summed E-state index contributed by atoms with van der Waals surface area (Å²) in [6.07, 6.45) is 0. The van der Waals surface area contributed by atoms with Gasteiger partial charge in [-0.2, -0.15) is 5.10 Å². The van der Waals surface area contributed by atoms with Gasteiger partial charge in [0.25, 0.3) is 0 Å². The smallest absolute Gasteiger partial charge is 0.236 e. The number of amides is 1. The Labute approximate surface area is 93.6 Å². The van der Waals surface area contributed by atoms with E-state index in [0.717, 1.165) is 5.69 Å². The highest BCUT2D eigenvalue weighted by Gasteiger charge is 2.26. The molecule has 0 radical (unpaired) electrons. The van der Waals surface area contributed by atoms with Gasteiger partial charge in [-0.15, -0.1) is 0 Å². The summed E-state index contributed by atoms with van der Waals surface area (Å²) in [6, 6.07) is 1.91. The highest BCUT2D eigenvalue weighted by Crippen LogP contribution is 2.18. The van der Waals surface area contributed by atoms with Gasteiger partial charge in [0.1, 0.15) is 0 Å². The van der Waals surface area contributed by atoms with E-state index in [1.54, 1.807) is 4.90 Å². The fraction of sp³-hybridized carbons (Fsp3) is 0.600. The van der Waals surface area contributed by atoms with Gasteiger partial charge in [-0.1, -0.05) is 0 Å². The second kappa shape index (κ2) is 4.23. The molecule has 0 bridgehead atoms. The van der Waals surface area contributed by atoms with Gasteiger partial charge in [-0.3, -0.25) is 9.48 Å². The number of fused-ring (bicyclic) bond motifs is 1. The first-order valence-corrected chi connectivity index (χ1v) is 5.31. The number of rotatable bonds is 2. The Morgan fingerprint density at radius 1 is 1.75 bits per heavy atom. The maximum absolute atomic E-state index is 11.6. The van der Waals surface area contributed by atoms with Gasteiger partial charge in [0.15, 0.2) is 0 Å². The van der Waals surface area contributed by atoms with Crippen molar-refractivity contribution in [2.45, 2.75) is 32.7 Å². The van der Waals surface area contributed by atoms with Crippen LogP contribution in [0.15, 0.2) is 6.07 Å². The predicted octanol–water partition coefficient (Wildman–Crippen LogP) is -0.935. The third kappa shape index (κ3) is 1.81. The highest BCUT2D eigenvalue weighted by atomic mass is 16.3. The lowest BCUT2D eigenvalue weighted by molar-refractivity contribution is -0.133. The molecule has 0 saturated carbocycles. The summed E-state index contributed by atoms with van der Waals surface area (Å²) in [4.78, 5) is 13.3. The van der Waals surface area contributed by atoms with E-state index in [-0.39, 0.29) is 25.1 Å². The lowest BCUT2D eigenvalue weighted by Gasteiger charge is -2.33. The van der Waals surface area contributed by atoms with Crippen LogP contribution in [-0.2, 0) is 24.5 Å². The quantitative estimate of drug-likeness (QED) is 0.679. The van der Waals surface area contributed by atoms with Gasteiger partial charge in [0, 0.05) is 6.04 Å². The molecule has 0 aliphatic carbocycles. The van der Waals surface area contributed by atoms with Crippen LogP contribution in [0.2, 0.25) is 0 Å². The minimum Gasteiger partial charge on any atom is -0.390 e. The summed E-state index contributed by atoms with van der Waals surface area (Å²) < 4.78 is 1.84. The molecule has 1 aliphatic rings.